The van der Waals surface area contributed by atoms with Gasteiger partial charge in [-0.1, -0.05) is 0 Å². The average Bonchev–Trinajstić information content (AvgIpc) is 2.87. The van der Waals surface area contributed by atoms with Crippen molar-refractivity contribution in [1.29, 1.82) is 0 Å². The summed E-state index contributed by atoms with van der Waals surface area (Å²) in [6, 6.07) is 0. The lowest BCUT2D eigenvalue weighted by atomic mass is 10.3. The van der Waals surface area contributed by atoms with Gasteiger partial charge in [-0.25, -0.2) is 0 Å². The van der Waals surface area contributed by atoms with Crippen LogP contribution < -0.4 is 10.6 Å². The van der Waals surface area contributed by atoms with E-state index in [1.54, 1.807) is 0 Å². The van der Waals surface area contributed by atoms with Crippen molar-refractivity contribution in [3.63, 3.8) is 0 Å². The Morgan fingerprint density at radius 3 is 2.50 bits per heavy atom. The van der Waals surface area contributed by atoms with Crippen LogP contribution in [0.1, 0.15) is 26.2 Å². The monoisotopic (exact) mass is 368 g/mol. The van der Waals surface area contributed by atoms with E-state index in [0.29, 0.717) is 0 Å². The second kappa shape index (κ2) is 13.3. The van der Waals surface area contributed by atoms with Crippen LogP contribution in [0.3, 0.4) is 0 Å². The Labute approximate surface area is 160 Å². The van der Waals surface area contributed by atoms with Gasteiger partial charge >= 0.3 is 0 Å². The molecule has 7 nitrogen and oxygen atoms in total. The lowest BCUT2D eigenvalue weighted by Gasteiger charge is -2.26. The number of hydrogen-bond donors (Lipinski definition) is 2. The molecule has 7 heteroatoms. The summed E-state index contributed by atoms with van der Waals surface area (Å²) in [5.41, 5.74) is 0. The van der Waals surface area contributed by atoms with E-state index in [1.165, 1.54) is 32.6 Å². The van der Waals surface area contributed by atoms with Crippen molar-refractivity contribution in [1.82, 2.24) is 25.3 Å². The standard InChI is InChI=1S/C19H40N6O/c1-3-20-19(22-8-5-11-25-15-17-26-18-16-25)21-7-4-10-24-12-6-9-23(2)13-14-24/h3-18H2,1-2H3,(H2,20,21,22). The molecule has 0 radical (unpaired) electrons. The molecule has 0 amide bonds. The Balaban J connectivity index is 1.57. The molecule has 2 fully saturated rings. The summed E-state index contributed by atoms with van der Waals surface area (Å²) in [5, 5.41) is 6.84. The van der Waals surface area contributed by atoms with Gasteiger partial charge in [0.25, 0.3) is 0 Å². The van der Waals surface area contributed by atoms with Crippen molar-refractivity contribution in [2.24, 2.45) is 4.99 Å². The van der Waals surface area contributed by atoms with E-state index in [0.717, 1.165) is 77.8 Å². The minimum atomic E-state index is 0.880. The third kappa shape index (κ3) is 9.16. The molecule has 2 rings (SSSR count). The zero-order chi connectivity index (χ0) is 18.5. The lowest BCUT2D eigenvalue weighted by molar-refractivity contribution is 0.0376. The minimum Gasteiger partial charge on any atom is -0.379 e. The average molecular weight is 369 g/mol. The van der Waals surface area contributed by atoms with Crippen molar-refractivity contribution >= 4 is 5.96 Å². The highest BCUT2D eigenvalue weighted by Crippen LogP contribution is 2.02. The summed E-state index contributed by atoms with van der Waals surface area (Å²) in [6.45, 7) is 15.9. The third-order valence-corrected chi connectivity index (χ3v) is 5.11. The van der Waals surface area contributed by atoms with Crippen LogP contribution in [0.25, 0.3) is 0 Å². The lowest BCUT2D eigenvalue weighted by Crippen LogP contribution is -2.40. The van der Waals surface area contributed by atoms with Gasteiger partial charge in [0.2, 0.25) is 0 Å². The Hall–Kier alpha value is -0.890. The quantitative estimate of drug-likeness (QED) is 0.347. The van der Waals surface area contributed by atoms with Gasteiger partial charge in [-0.3, -0.25) is 9.89 Å². The second-order valence-electron chi connectivity index (χ2n) is 7.35. The summed E-state index contributed by atoms with van der Waals surface area (Å²) in [5.74, 6) is 0.963. The molecule has 2 heterocycles. The SMILES string of the molecule is CCNC(=NCCCN1CCCN(C)CC1)NCCCN1CCOCC1. The molecule has 26 heavy (non-hydrogen) atoms. The highest BCUT2D eigenvalue weighted by Gasteiger charge is 2.11. The topological polar surface area (TPSA) is 55.4 Å². The first-order valence-corrected chi connectivity index (χ1v) is 10.5. The van der Waals surface area contributed by atoms with E-state index >= 15 is 0 Å². The van der Waals surface area contributed by atoms with Crippen molar-refractivity contribution in [3.8, 4) is 0 Å². The molecule has 0 aromatic carbocycles. The zero-order valence-electron chi connectivity index (χ0n) is 17.0. The van der Waals surface area contributed by atoms with Crippen LogP contribution in [0.15, 0.2) is 4.99 Å². The molecule has 0 bridgehead atoms. The molecular weight excluding hydrogens is 328 g/mol. The molecular formula is C19H40N6O. The highest BCUT2D eigenvalue weighted by atomic mass is 16.5. The molecule has 2 aliphatic heterocycles. The second-order valence-corrected chi connectivity index (χ2v) is 7.35. The Morgan fingerprint density at radius 2 is 1.69 bits per heavy atom. The molecule has 2 aliphatic rings. The summed E-state index contributed by atoms with van der Waals surface area (Å²) in [4.78, 5) is 12.2. The van der Waals surface area contributed by atoms with Gasteiger partial charge in [-0.2, -0.15) is 0 Å². The van der Waals surface area contributed by atoms with Gasteiger partial charge in [0.05, 0.1) is 13.2 Å². The first kappa shape index (κ1) is 21.4. The highest BCUT2D eigenvalue weighted by molar-refractivity contribution is 5.79. The fraction of sp³-hybridized carbons (Fsp3) is 0.947. The number of aliphatic imine (C=N–C) groups is 1. The van der Waals surface area contributed by atoms with Gasteiger partial charge in [-0.05, 0) is 59.4 Å². The molecule has 152 valence electrons. The summed E-state index contributed by atoms with van der Waals surface area (Å²) in [6.07, 6.45) is 3.56. The Bertz CT molecular complexity index is 386. The van der Waals surface area contributed by atoms with Crippen LogP contribution in [0.2, 0.25) is 0 Å². The smallest absolute Gasteiger partial charge is 0.191 e. The van der Waals surface area contributed by atoms with Gasteiger partial charge in [0, 0.05) is 45.8 Å². The first-order valence-electron chi connectivity index (χ1n) is 10.5. The fourth-order valence-electron chi connectivity index (χ4n) is 3.48. The minimum absolute atomic E-state index is 0.880. The van der Waals surface area contributed by atoms with Gasteiger partial charge < -0.3 is 25.2 Å². The van der Waals surface area contributed by atoms with Gasteiger partial charge in [0.15, 0.2) is 5.96 Å². The summed E-state index contributed by atoms with van der Waals surface area (Å²) < 4.78 is 5.39. The maximum atomic E-state index is 5.39. The van der Waals surface area contributed by atoms with E-state index in [4.69, 9.17) is 9.73 Å². The molecule has 0 aliphatic carbocycles. The molecule has 0 saturated carbocycles. The summed E-state index contributed by atoms with van der Waals surface area (Å²) in [7, 11) is 2.22. The normalized spacial score (nSPS) is 21.5. The molecule has 2 saturated heterocycles. The molecule has 0 aromatic rings. The predicted octanol–water partition coefficient (Wildman–Crippen LogP) is 0.291. The Morgan fingerprint density at radius 1 is 0.923 bits per heavy atom. The number of morpholine rings is 1. The van der Waals surface area contributed by atoms with Crippen molar-refractivity contribution < 1.29 is 4.74 Å². The number of ether oxygens (including phenoxy) is 1. The van der Waals surface area contributed by atoms with Crippen LogP contribution >= 0.6 is 0 Å². The van der Waals surface area contributed by atoms with Crippen LogP contribution in [0, 0.1) is 0 Å². The molecule has 0 atom stereocenters. The molecule has 2 N–H and O–H groups in total. The largest absolute Gasteiger partial charge is 0.379 e. The predicted molar refractivity (Wildman–Crippen MR) is 109 cm³/mol. The first-order chi connectivity index (χ1) is 12.8. The number of nitrogens with zero attached hydrogens (tertiary/aromatic N) is 4. The number of likely N-dealkylation sites (N-methyl/N-ethyl adjacent to an activating group) is 1. The van der Waals surface area contributed by atoms with Crippen molar-refractivity contribution in [2.45, 2.75) is 26.2 Å². The summed E-state index contributed by atoms with van der Waals surface area (Å²) >= 11 is 0. The maximum Gasteiger partial charge on any atom is 0.191 e. The maximum absolute atomic E-state index is 5.39. The van der Waals surface area contributed by atoms with E-state index in [1.807, 2.05) is 0 Å². The van der Waals surface area contributed by atoms with Crippen LogP contribution in [0.4, 0.5) is 0 Å². The third-order valence-electron chi connectivity index (χ3n) is 5.11. The van der Waals surface area contributed by atoms with E-state index < -0.39 is 0 Å². The van der Waals surface area contributed by atoms with Crippen LogP contribution in [-0.2, 0) is 4.74 Å². The van der Waals surface area contributed by atoms with Crippen molar-refractivity contribution in [2.75, 3.05) is 92.3 Å². The molecule has 0 unspecified atom stereocenters. The molecule has 0 aromatic heterocycles. The van der Waals surface area contributed by atoms with Gasteiger partial charge in [0.1, 0.15) is 0 Å². The van der Waals surface area contributed by atoms with Crippen LogP contribution in [-0.4, -0.2) is 113 Å². The number of guanidine groups is 1. The zero-order valence-corrected chi connectivity index (χ0v) is 17.0. The molecule has 0 spiro atoms. The number of hydrogen-bond acceptors (Lipinski definition) is 5. The Kier molecular flexibility index (Phi) is 11.0. The van der Waals surface area contributed by atoms with Gasteiger partial charge in [-0.15, -0.1) is 0 Å². The van der Waals surface area contributed by atoms with E-state index in [2.05, 4.69) is 39.3 Å². The van der Waals surface area contributed by atoms with Crippen LogP contribution in [0.5, 0.6) is 0 Å². The van der Waals surface area contributed by atoms with Crippen molar-refractivity contribution in [3.05, 3.63) is 0 Å². The fourth-order valence-corrected chi connectivity index (χ4v) is 3.48. The number of nitrogens with one attached hydrogen (secondary N) is 2. The number of rotatable bonds is 9. The van der Waals surface area contributed by atoms with E-state index in [9.17, 15) is 0 Å². The van der Waals surface area contributed by atoms with E-state index in [-0.39, 0.29) is 0 Å².